The zero-order valence-corrected chi connectivity index (χ0v) is 10.8. The summed E-state index contributed by atoms with van der Waals surface area (Å²) in [6.07, 6.45) is 0. The van der Waals surface area contributed by atoms with Gasteiger partial charge in [-0.1, -0.05) is 6.07 Å². The van der Waals surface area contributed by atoms with Crippen molar-refractivity contribution in [1.82, 2.24) is 9.55 Å². The maximum atomic E-state index is 9.57. The van der Waals surface area contributed by atoms with Crippen molar-refractivity contribution in [1.29, 1.82) is 0 Å². The average molecular weight is 254 g/mol. The number of aromatic hydroxyl groups is 2. The van der Waals surface area contributed by atoms with Crippen LogP contribution in [0.2, 0.25) is 0 Å². The lowest BCUT2D eigenvalue weighted by atomic mass is 10.2. The molecule has 4 heteroatoms. The van der Waals surface area contributed by atoms with E-state index in [2.05, 4.69) is 4.98 Å². The van der Waals surface area contributed by atoms with E-state index in [4.69, 9.17) is 0 Å². The molecule has 0 saturated heterocycles. The van der Waals surface area contributed by atoms with E-state index >= 15 is 0 Å². The zero-order chi connectivity index (χ0) is 13.6. The van der Waals surface area contributed by atoms with Gasteiger partial charge in [0.05, 0.1) is 11.0 Å². The summed E-state index contributed by atoms with van der Waals surface area (Å²) >= 11 is 0. The van der Waals surface area contributed by atoms with Gasteiger partial charge in [-0.15, -0.1) is 0 Å². The van der Waals surface area contributed by atoms with Crippen molar-refractivity contribution in [3.63, 3.8) is 0 Å². The second-order valence-electron chi connectivity index (χ2n) is 4.72. The molecule has 3 aromatic rings. The summed E-state index contributed by atoms with van der Waals surface area (Å²) < 4.78 is 1.95. The number of aryl methyl sites for hydroxylation is 2. The van der Waals surface area contributed by atoms with Gasteiger partial charge >= 0.3 is 0 Å². The van der Waals surface area contributed by atoms with Crippen molar-refractivity contribution < 1.29 is 10.2 Å². The first-order chi connectivity index (χ1) is 9.04. The largest absolute Gasteiger partial charge is 0.508 e. The molecule has 0 fully saturated rings. The van der Waals surface area contributed by atoms with Crippen LogP contribution >= 0.6 is 0 Å². The molecule has 0 spiro atoms. The SMILES string of the molecule is Cc1ccc2c(c1)nc(-c1cc(O)cc(O)c1)n2C. The number of hydrogen-bond donors (Lipinski definition) is 2. The van der Waals surface area contributed by atoms with Crippen LogP contribution < -0.4 is 0 Å². The molecule has 96 valence electrons. The first kappa shape index (κ1) is 11.6. The van der Waals surface area contributed by atoms with Crippen molar-refractivity contribution in [2.24, 2.45) is 7.05 Å². The Labute approximate surface area is 110 Å². The molecule has 19 heavy (non-hydrogen) atoms. The number of nitrogens with zero attached hydrogens (tertiary/aromatic N) is 2. The van der Waals surface area contributed by atoms with Gasteiger partial charge in [-0.2, -0.15) is 0 Å². The van der Waals surface area contributed by atoms with Gasteiger partial charge in [0.2, 0.25) is 0 Å². The second-order valence-corrected chi connectivity index (χ2v) is 4.72. The molecule has 4 nitrogen and oxygen atoms in total. The van der Waals surface area contributed by atoms with Crippen LogP contribution in [0.5, 0.6) is 11.5 Å². The van der Waals surface area contributed by atoms with Gasteiger partial charge in [-0.25, -0.2) is 4.98 Å². The Bertz CT molecular complexity index is 755. The molecule has 1 heterocycles. The number of rotatable bonds is 1. The molecular formula is C15H14N2O2. The molecule has 0 aliphatic rings. The highest BCUT2D eigenvalue weighted by atomic mass is 16.3. The molecule has 0 radical (unpaired) electrons. The Morgan fingerprint density at radius 2 is 1.68 bits per heavy atom. The van der Waals surface area contributed by atoms with Crippen molar-refractivity contribution >= 4 is 11.0 Å². The van der Waals surface area contributed by atoms with Crippen molar-refractivity contribution in [3.8, 4) is 22.9 Å². The van der Waals surface area contributed by atoms with Crippen LogP contribution in [0.1, 0.15) is 5.56 Å². The summed E-state index contributed by atoms with van der Waals surface area (Å²) in [5, 5.41) is 19.1. The molecule has 0 atom stereocenters. The highest BCUT2D eigenvalue weighted by Gasteiger charge is 2.11. The molecule has 2 aromatic carbocycles. The number of benzene rings is 2. The molecule has 0 amide bonds. The fourth-order valence-electron chi connectivity index (χ4n) is 2.29. The Morgan fingerprint density at radius 1 is 1.00 bits per heavy atom. The van der Waals surface area contributed by atoms with Crippen LogP contribution in [0.4, 0.5) is 0 Å². The lowest BCUT2D eigenvalue weighted by Gasteiger charge is -2.04. The minimum Gasteiger partial charge on any atom is -0.508 e. The lowest BCUT2D eigenvalue weighted by molar-refractivity contribution is 0.451. The maximum absolute atomic E-state index is 9.57. The quantitative estimate of drug-likeness (QED) is 0.702. The first-order valence-corrected chi connectivity index (χ1v) is 6.01. The van der Waals surface area contributed by atoms with E-state index in [1.54, 1.807) is 12.1 Å². The summed E-state index contributed by atoms with van der Waals surface area (Å²) in [7, 11) is 1.92. The molecular weight excluding hydrogens is 240 g/mol. The molecule has 0 saturated carbocycles. The third-order valence-electron chi connectivity index (χ3n) is 3.20. The predicted molar refractivity (Wildman–Crippen MR) is 74.2 cm³/mol. The third kappa shape index (κ3) is 1.91. The van der Waals surface area contributed by atoms with Gasteiger partial charge in [0, 0.05) is 18.7 Å². The highest BCUT2D eigenvalue weighted by Crippen LogP contribution is 2.30. The Kier molecular flexibility index (Phi) is 2.45. The van der Waals surface area contributed by atoms with Gasteiger partial charge in [-0.3, -0.25) is 0 Å². The van der Waals surface area contributed by atoms with E-state index in [9.17, 15) is 10.2 Å². The average Bonchev–Trinajstić information content (AvgIpc) is 2.65. The highest BCUT2D eigenvalue weighted by molar-refractivity contribution is 5.81. The first-order valence-electron chi connectivity index (χ1n) is 6.01. The Morgan fingerprint density at radius 3 is 2.37 bits per heavy atom. The summed E-state index contributed by atoms with van der Waals surface area (Å²) in [6.45, 7) is 2.02. The van der Waals surface area contributed by atoms with Crippen LogP contribution in [-0.4, -0.2) is 19.8 Å². The fraction of sp³-hybridized carbons (Fsp3) is 0.133. The smallest absolute Gasteiger partial charge is 0.141 e. The number of phenols is 2. The topological polar surface area (TPSA) is 58.3 Å². The van der Waals surface area contributed by atoms with E-state index in [1.807, 2.05) is 36.7 Å². The predicted octanol–water partition coefficient (Wildman–Crippen LogP) is 2.96. The van der Waals surface area contributed by atoms with Crippen LogP contribution in [0, 0.1) is 6.92 Å². The van der Waals surface area contributed by atoms with E-state index in [1.165, 1.54) is 6.07 Å². The summed E-state index contributed by atoms with van der Waals surface area (Å²) in [6, 6.07) is 10.6. The molecule has 0 bridgehead atoms. The summed E-state index contributed by atoms with van der Waals surface area (Å²) in [4.78, 5) is 4.57. The van der Waals surface area contributed by atoms with Gasteiger partial charge in [0.1, 0.15) is 17.3 Å². The fourth-order valence-corrected chi connectivity index (χ4v) is 2.29. The minimum atomic E-state index is 0.0261. The Balaban J connectivity index is 2.27. The number of hydrogen-bond acceptors (Lipinski definition) is 3. The van der Waals surface area contributed by atoms with Crippen LogP contribution in [-0.2, 0) is 7.05 Å². The van der Waals surface area contributed by atoms with Crippen LogP contribution in [0.15, 0.2) is 36.4 Å². The second kappa shape index (κ2) is 4.02. The van der Waals surface area contributed by atoms with Crippen molar-refractivity contribution in [2.45, 2.75) is 6.92 Å². The monoisotopic (exact) mass is 254 g/mol. The molecule has 1 aromatic heterocycles. The van der Waals surface area contributed by atoms with E-state index < -0.39 is 0 Å². The standard InChI is InChI=1S/C15H14N2O2/c1-9-3-4-14-13(5-9)16-15(17(14)2)10-6-11(18)8-12(19)7-10/h3-8,18-19H,1-2H3. The number of fused-ring (bicyclic) bond motifs is 1. The zero-order valence-electron chi connectivity index (χ0n) is 10.8. The van der Waals surface area contributed by atoms with E-state index in [-0.39, 0.29) is 11.5 Å². The van der Waals surface area contributed by atoms with Crippen LogP contribution in [0.3, 0.4) is 0 Å². The van der Waals surface area contributed by atoms with Crippen molar-refractivity contribution in [2.75, 3.05) is 0 Å². The van der Waals surface area contributed by atoms with Gasteiger partial charge < -0.3 is 14.8 Å². The van der Waals surface area contributed by atoms with E-state index in [0.717, 1.165) is 16.6 Å². The number of aromatic nitrogens is 2. The van der Waals surface area contributed by atoms with E-state index in [0.29, 0.717) is 11.4 Å². The molecule has 0 aliphatic heterocycles. The molecule has 2 N–H and O–H groups in total. The lowest BCUT2D eigenvalue weighted by Crippen LogP contribution is -1.92. The van der Waals surface area contributed by atoms with Crippen molar-refractivity contribution in [3.05, 3.63) is 42.0 Å². The Hall–Kier alpha value is -2.49. The minimum absolute atomic E-state index is 0.0261. The summed E-state index contributed by atoms with van der Waals surface area (Å²) in [5.74, 6) is 0.767. The maximum Gasteiger partial charge on any atom is 0.141 e. The van der Waals surface area contributed by atoms with Crippen LogP contribution in [0.25, 0.3) is 22.4 Å². The third-order valence-corrected chi connectivity index (χ3v) is 3.20. The molecule has 0 unspecified atom stereocenters. The number of phenolic OH excluding ortho intramolecular Hbond substituents is 2. The summed E-state index contributed by atoms with van der Waals surface area (Å²) in [5.41, 5.74) is 3.76. The number of imidazole rings is 1. The molecule has 0 aliphatic carbocycles. The van der Waals surface area contributed by atoms with Gasteiger partial charge in [0.25, 0.3) is 0 Å². The van der Waals surface area contributed by atoms with Gasteiger partial charge in [-0.05, 0) is 36.8 Å². The van der Waals surface area contributed by atoms with Gasteiger partial charge in [0.15, 0.2) is 0 Å². The normalized spacial score (nSPS) is 11.1. The molecule has 3 rings (SSSR count).